The Morgan fingerprint density at radius 3 is 2.27 bits per heavy atom. The lowest BCUT2D eigenvalue weighted by atomic mass is 10.2. The van der Waals surface area contributed by atoms with Gasteiger partial charge in [-0.2, -0.15) is 0 Å². The first kappa shape index (κ1) is 15.0. The second-order valence-corrected chi connectivity index (χ2v) is 7.40. The zero-order valence-corrected chi connectivity index (χ0v) is 14.2. The molecule has 2 aromatic carbocycles. The van der Waals surface area contributed by atoms with Crippen LogP contribution in [0.25, 0.3) is 11.3 Å². The van der Waals surface area contributed by atoms with Crippen molar-refractivity contribution in [3.8, 4) is 11.3 Å². The Bertz CT molecular complexity index is 901. The Kier molecular flexibility index (Phi) is 3.88. The van der Waals surface area contributed by atoms with E-state index in [1.165, 1.54) is 6.20 Å². The van der Waals surface area contributed by atoms with Gasteiger partial charge in [0, 0.05) is 11.8 Å². The quantitative estimate of drug-likeness (QED) is 0.697. The second-order valence-electron chi connectivity index (χ2n) is 4.88. The first-order valence-corrected chi connectivity index (χ1v) is 8.84. The highest BCUT2D eigenvalue weighted by Gasteiger charge is 2.21. The van der Waals surface area contributed by atoms with Crippen molar-refractivity contribution in [1.29, 1.82) is 0 Å². The minimum Gasteiger partial charge on any atom is -0.221 e. The fourth-order valence-electron chi connectivity index (χ4n) is 2.08. The fraction of sp³-hybridized carbons (Fsp3) is 0.0625. The topological polar surface area (TPSA) is 52.0 Å². The average molecular weight is 377 g/mol. The molecule has 0 unspecified atom stereocenters. The predicted molar refractivity (Wildman–Crippen MR) is 89.1 cm³/mol. The summed E-state index contributed by atoms with van der Waals surface area (Å²) < 4.78 is 26.8. The number of aromatic nitrogens is 2. The van der Waals surface area contributed by atoms with Crippen molar-refractivity contribution in [2.45, 2.75) is 11.8 Å². The Balaban J connectivity index is 2.09. The molecule has 0 radical (unpaired) electrons. The molecule has 0 amide bonds. The molecule has 0 saturated heterocycles. The van der Waals surface area contributed by atoms with Crippen LogP contribution in [0.15, 0.2) is 70.4 Å². The molecule has 0 N–H and O–H groups in total. The number of benzene rings is 2. The number of halogens is 1. The van der Waals surface area contributed by atoms with Crippen LogP contribution in [0.1, 0.15) is 5.56 Å². The van der Waals surface area contributed by atoms with Crippen molar-refractivity contribution in [2.75, 3.05) is 0 Å². The van der Waals surface area contributed by atoms with Crippen molar-refractivity contribution in [2.24, 2.45) is 0 Å². The standard InChI is InChI=1S/C16H13BrN2O2S/c1-12-7-9-14(10-8-12)22(20,21)19-11-15(18-16(19)17)13-5-3-2-4-6-13/h2-11H,1H3. The first-order valence-electron chi connectivity index (χ1n) is 6.61. The van der Waals surface area contributed by atoms with Crippen molar-refractivity contribution >= 4 is 26.0 Å². The molecule has 22 heavy (non-hydrogen) atoms. The van der Waals surface area contributed by atoms with Gasteiger partial charge in [-0.05, 0) is 35.0 Å². The van der Waals surface area contributed by atoms with Crippen LogP contribution in [0.3, 0.4) is 0 Å². The van der Waals surface area contributed by atoms with Gasteiger partial charge in [0.25, 0.3) is 10.0 Å². The molecule has 3 rings (SSSR count). The van der Waals surface area contributed by atoms with Gasteiger partial charge in [0.1, 0.15) is 0 Å². The van der Waals surface area contributed by atoms with Gasteiger partial charge in [-0.25, -0.2) is 17.4 Å². The Morgan fingerprint density at radius 1 is 1.00 bits per heavy atom. The zero-order chi connectivity index (χ0) is 15.7. The third-order valence-corrected chi connectivity index (χ3v) is 5.74. The molecule has 112 valence electrons. The average Bonchev–Trinajstić information content (AvgIpc) is 2.91. The molecular formula is C16H13BrN2O2S. The largest absolute Gasteiger partial charge is 0.269 e. The summed E-state index contributed by atoms with van der Waals surface area (Å²) in [6.07, 6.45) is 1.52. The number of nitrogens with zero attached hydrogens (tertiary/aromatic N) is 2. The molecule has 0 atom stereocenters. The van der Waals surface area contributed by atoms with Crippen LogP contribution in [0.2, 0.25) is 0 Å². The lowest BCUT2D eigenvalue weighted by Gasteiger charge is -2.06. The summed E-state index contributed by atoms with van der Waals surface area (Å²) in [7, 11) is -3.67. The normalized spacial score (nSPS) is 11.5. The van der Waals surface area contributed by atoms with Crippen molar-refractivity contribution in [3.05, 3.63) is 71.1 Å². The van der Waals surface area contributed by atoms with Crippen LogP contribution >= 0.6 is 15.9 Å². The predicted octanol–water partition coefficient (Wildman–Crippen LogP) is 3.86. The Hall–Kier alpha value is -1.92. The third-order valence-electron chi connectivity index (χ3n) is 3.28. The van der Waals surface area contributed by atoms with E-state index in [-0.39, 0.29) is 9.63 Å². The van der Waals surface area contributed by atoms with E-state index in [9.17, 15) is 8.42 Å². The first-order chi connectivity index (χ1) is 10.5. The highest BCUT2D eigenvalue weighted by atomic mass is 79.9. The van der Waals surface area contributed by atoms with Crippen LogP contribution < -0.4 is 0 Å². The number of hydrogen-bond acceptors (Lipinski definition) is 3. The van der Waals surface area contributed by atoms with E-state index in [4.69, 9.17) is 0 Å². The lowest BCUT2D eigenvalue weighted by molar-refractivity contribution is 0.586. The molecule has 0 saturated carbocycles. The van der Waals surface area contributed by atoms with Crippen LogP contribution in [0.4, 0.5) is 0 Å². The summed E-state index contributed by atoms with van der Waals surface area (Å²) in [5.41, 5.74) is 2.47. The summed E-state index contributed by atoms with van der Waals surface area (Å²) in [4.78, 5) is 4.52. The summed E-state index contributed by atoms with van der Waals surface area (Å²) in [6, 6.07) is 16.2. The number of rotatable bonds is 3. The summed E-state index contributed by atoms with van der Waals surface area (Å²) in [5, 5.41) is 0. The summed E-state index contributed by atoms with van der Waals surface area (Å²) in [5.74, 6) is 0. The van der Waals surface area contributed by atoms with Gasteiger partial charge in [0.15, 0.2) is 4.73 Å². The van der Waals surface area contributed by atoms with E-state index in [1.54, 1.807) is 24.3 Å². The van der Waals surface area contributed by atoms with Gasteiger partial charge in [0.2, 0.25) is 0 Å². The van der Waals surface area contributed by atoms with Crippen molar-refractivity contribution in [1.82, 2.24) is 8.96 Å². The van der Waals surface area contributed by atoms with Crippen molar-refractivity contribution in [3.63, 3.8) is 0 Å². The number of aryl methyl sites for hydroxylation is 1. The number of hydrogen-bond donors (Lipinski definition) is 0. The van der Waals surface area contributed by atoms with Crippen molar-refractivity contribution < 1.29 is 8.42 Å². The molecule has 3 aromatic rings. The molecule has 0 aliphatic heterocycles. The van der Waals surface area contributed by atoms with Gasteiger partial charge in [-0.1, -0.05) is 48.0 Å². The fourth-order valence-corrected chi connectivity index (χ4v) is 4.13. The zero-order valence-electron chi connectivity index (χ0n) is 11.8. The maximum absolute atomic E-state index is 12.7. The Morgan fingerprint density at radius 2 is 1.64 bits per heavy atom. The van der Waals surface area contributed by atoms with Gasteiger partial charge in [0.05, 0.1) is 10.6 Å². The van der Waals surface area contributed by atoms with Crippen LogP contribution in [0.5, 0.6) is 0 Å². The SMILES string of the molecule is Cc1ccc(S(=O)(=O)n2cc(-c3ccccc3)nc2Br)cc1. The van der Waals surface area contributed by atoms with E-state index in [0.29, 0.717) is 5.69 Å². The maximum atomic E-state index is 12.7. The van der Waals surface area contributed by atoms with E-state index >= 15 is 0 Å². The monoisotopic (exact) mass is 376 g/mol. The molecular weight excluding hydrogens is 364 g/mol. The molecule has 0 aliphatic rings. The molecule has 1 heterocycles. The maximum Gasteiger partial charge on any atom is 0.269 e. The third kappa shape index (κ3) is 2.71. The smallest absolute Gasteiger partial charge is 0.221 e. The molecule has 0 fully saturated rings. The lowest BCUT2D eigenvalue weighted by Crippen LogP contribution is -2.12. The molecule has 0 bridgehead atoms. The van der Waals surface area contributed by atoms with Gasteiger partial charge < -0.3 is 0 Å². The van der Waals surface area contributed by atoms with E-state index < -0.39 is 10.0 Å². The number of imidazole rings is 1. The Labute approximate surface area is 137 Å². The molecule has 6 heteroatoms. The van der Waals surface area contributed by atoms with E-state index in [1.807, 2.05) is 37.3 Å². The van der Waals surface area contributed by atoms with Crippen LogP contribution in [0, 0.1) is 6.92 Å². The highest BCUT2D eigenvalue weighted by molar-refractivity contribution is 9.10. The van der Waals surface area contributed by atoms with Gasteiger partial charge in [-0.3, -0.25) is 0 Å². The molecule has 0 aliphatic carbocycles. The van der Waals surface area contributed by atoms with Gasteiger partial charge in [-0.15, -0.1) is 0 Å². The minimum atomic E-state index is -3.67. The summed E-state index contributed by atoms with van der Waals surface area (Å²) >= 11 is 3.23. The summed E-state index contributed by atoms with van der Waals surface area (Å²) in [6.45, 7) is 1.91. The van der Waals surface area contributed by atoms with Crippen LogP contribution in [-0.4, -0.2) is 17.4 Å². The molecule has 4 nitrogen and oxygen atoms in total. The second kappa shape index (κ2) is 5.70. The molecule has 0 spiro atoms. The molecule has 1 aromatic heterocycles. The van der Waals surface area contributed by atoms with E-state index in [2.05, 4.69) is 20.9 Å². The van der Waals surface area contributed by atoms with Crippen LogP contribution in [-0.2, 0) is 10.0 Å². The highest BCUT2D eigenvalue weighted by Crippen LogP contribution is 2.25. The minimum absolute atomic E-state index is 0.232. The van der Waals surface area contributed by atoms with Gasteiger partial charge >= 0.3 is 0 Å². The van der Waals surface area contributed by atoms with E-state index in [0.717, 1.165) is 15.1 Å².